The molecule has 2 aromatic rings. The molecule has 0 spiro atoms. The Labute approximate surface area is 149 Å². The van der Waals surface area contributed by atoms with Gasteiger partial charge in [0, 0.05) is 21.9 Å². The van der Waals surface area contributed by atoms with E-state index in [0.29, 0.717) is 29.6 Å². The minimum atomic E-state index is 0.237. The van der Waals surface area contributed by atoms with Gasteiger partial charge in [-0.25, -0.2) is 15.8 Å². The summed E-state index contributed by atoms with van der Waals surface area (Å²) < 4.78 is 6.64. The molecule has 0 aliphatic heterocycles. The van der Waals surface area contributed by atoms with Gasteiger partial charge in [0.05, 0.1) is 12.2 Å². The highest BCUT2D eigenvalue weighted by Crippen LogP contribution is 2.17. The lowest BCUT2D eigenvalue weighted by molar-refractivity contribution is 0.318. The first-order chi connectivity index (χ1) is 11.4. The van der Waals surface area contributed by atoms with Gasteiger partial charge < -0.3 is 21.2 Å². The molecule has 0 amide bonds. The number of hydrazine groups is 1. The third-order valence-electron chi connectivity index (χ3n) is 3.46. The van der Waals surface area contributed by atoms with Crippen molar-refractivity contribution in [2.75, 3.05) is 12.3 Å². The largest absolute Gasteiger partial charge is 0.487 e. The van der Waals surface area contributed by atoms with Crippen LogP contribution in [0.4, 0.5) is 5.82 Å². The van der Waals surface area contributed by atoms with E-state index in [1.165, 1.54) is 5.01 Å². The molecule has 24 heavy (non-hydrogen) atoms. The first-order valence-corrected chi connectivity index (χ1v) is 8.10. The zero-order valence-corrected chi connectivity index (χ0v) is 15.2. The summed E-state index contributed by atoms with van der Waals surface area (Å²) in [5.41, 5.74) is 13.9. The predicted molar refractivity (Wildman–Crippen MR) is 97.4 cm³/mol. The molecule has 0 aliphatic rings. The smallest absolute Gasteiger partial charge is 0.132 e. The Balaban J connectivity index is 2.00. The minimum Gasteiger partial charge on any atom is -0.487 e. The van der Waals surface area contributed by atoms with Gasteiger partial charge in [-0.1, -0.05) is 15.9 Å². The van der Waals surface area contributed by atoms with Crippen molar-refractivity contribution in [2.45, 2.75) is 20.4 Å². The molecule has 128 valence electrons. The van der Waals surface area contributed by atoms with Crippen molar-refractivity contribution in [2.24, 2.45) is 11.6 Å². The molecular weight excluding hydrogens is 372 g/mol. The minimum absolute atomic E-state index is 0.237. The van der Waals surface area contributed by atoms with Crippen LogP contribution >= 0.6 is 15.9 Å². The molecule has 0 fully saturated rings. The van der Waals surface area contributed by atoms with Crippen LogP contribution < -0.4 is 22.0 Å². The number of allylic oxidation sites excluding steroid dienone is 1. The molecule has 6 N–H and O–H groups in total. The van der Waals surface area contributed by atoms with Gasteiger partial charge in [-0.2, -0.15) is 0 Å². The van der Waals surface area contributed by atoms with Crippen molar-refractivity contribution in [3.63, 3.8) is 0 Å². The molecule has 0 saturated heterocycles. The van der Waals surface area contributed by atoms with Crippen molar-refractivity contribution in [3.05, 3.63) is 57.7 Å². The zero-order chi connectivity index (χ0) is 17.7. The SMILES string of the molecule is C/C(=C(/N)COc1ccc(Br)cc1)N(N)Cc1cnc(C)nc1N. The number of anilines is 1. The van der Waals surface area contributed by atoms with Gasteiger partial charge in [-0.3, -0.25) is 0 Å². The molecule has 0 unspecified atom stereocenters. The highest BCUT2D eigenvalue weighted by atomic mass is 79.9. The number of hydrogen-bond donors (Lipinski definition) is 3. The van der Waals surface area contributed by atoms with E-state index in [2.05, 4.69) is 25.9 Å². The van der Waals surface area contributed by atoms with Crippen LogP contribution in [-0.4, -0.2) is 21.6 Å². The lowest BCUT2D eigenvalue weighted by Crippen LogP contribution is -2.32. The monoisotopic (exact) mass is 392 g/mol. The fraction of sp³-hybridized carbons (Fsp3) is 0.250. The average molecular weight is 393 g/mol. The Morgan fingerprint density at radius 3 is 2.58 bits per heavy atom. The van der Waals surface area contributed by atoms with Crippen LogP contribution in [0.5, 0.6) is 5.75 Å². The van der Waals surface area contributed by atoms with Crippen LogP contribution in [-0.2, 0) is 6.54 Å². The van der Waals surface area contributed by atoms with Gasteiger partial charge >= 0.3 is 0 Å². The topological polar surface area (TPSA) is 116 Å². The van der Waals surface area contributed by atoms with Crippen LogP contribution in [0.2, 0.25) is 0 Å². The molecule has 7 nitrogen and oxygen atoms in total. The van der Waals surface area contributed by atoms with Gasteiger partial charge in [-0.05, 0) is 38.1 Å². The highest BCUT2D eigenvalue weighted by Gasteiger charge is 2.10. The number of nitrogens with zero attached hydrogens (tertiary/aromatic N) is 3. The summed E-state index contributed by atoms with van der Waals surface area (Å²) in [6, 6.07) is 7.52. The Morgan fingerprint density at radius 1 is 1.29 bits per heavy atom. The number of nitrogen functional groups attached to an aromatic ring is 1. The van der Waals surface area contributed by atoms with Crippen LogP contribution in [0.15, 0.2) is 46.3 Å². The normalized spacial score (nSPS) is 11.8. The number of aryl methyl sites for hydroxylation is 1. The van der Waals surface area contributed by atoms with Gasteiger partial charge in [0.1, 0.15) is 24.0 Å². The number of rotatable bonds is 6. The van der Waals surface area contributed by atoms with E-state index < -0.39 is 0 Å². The summed E-state index contributed by atoms with van der Waals surface area (Å²) >= 11 is 3.38. The highest BCUT2D eigenvalue weighted by molar-refractivity contribution is 9.10. The van der Waals surface area contributed by atoms with Crippen molar-refractivity contribution >= 4 is 21.7 Å². The average Bonchev–Trinajstić information content (AvgIpc) is 2.55. The molecule has 0 aliphatic carbocycles. The molecule has 1 aromatic heterocycles. The van der Waals surface area contributed by atoms with Crippen molar-refractivity contribution < 1.29 is 4.74 Å². The van der Waals surface area contributed by atoms with Crippen molar-refractivity contribution in [1.29, 1.82) is 0 Å². The quantitative estimate of drug-likeness (QED) is 0.508. The third kappa shape index (κ3) is 4.84. The van der Waals surface area contributed by atoms with Crippen LogP contribution in [0.1, 0.15) is 18.3 Å². The van der Waals surface area contributed by atoms with E-state index in [-0.39, 0.29) is 6.61 Å². The second kappa shape index (κ2) is 7.98. The third-order valence-corrected chi connectivity index (χ3v) is 3.99. The second-order valence-electron chi connectivity index (χ2n) is 5.31. The first-order valence-electron chi connectivity index (χ1n) is 7.30. The maximum atomic E-state index is 6.07. The lowest BCUT2D eigenvalue weighted by atomic mass is 10.2. The maximum Gasteiger partial charge on any atom is 0.132 e. The van der Waals surface area contributed by atoms with Crippen molar-refractivity contribution in [3.8, 4) is 5.75 Å². The fourth-order valence-electron chi connectivity index (χ4n) is 1.92. The number of benzene rings is 1. The summed E-state index contributed by atoms with van der Waals surface area (Å²) in [6.07, 6.45) is 1.67. The Kier molecular flexibility index (Phi) is 5.99. The molecular formula is C16H21BrN6O. The van der Waals surface area contributed by atoms with E-state index in [1.807, 2.05) is 31.2 Å². The van der Waals surface area contributed by atoms with E-state index in [0.717, 1.165) is 15.8 Å². The Morgan fingerprint density at radius 2 is 1.96 bits per heavy atom. The van der Waals surface area contributed by atoms with Crippen LogP contribution in [0, 0.1) is 6.92 Å². The fourth-order valence-corrected chi connectivity index (χ4v) is 2.18. The summed E-state index contributed by atoms with van der Waals surface area (Å²) in [4.78, 5) is 8.25. The van der Waals surface area contributed by atoms with Crippen LogP contribution in [0.25, 0.3) is 0 Å². The van der Waals surface area contributed by atoms with E-state index in [4.69, 9.17) is 22.0 Å². The number of ether oxygens (including phenoxy) is 1. The van der Waals surface area contributed by atoms with Crippen molar-refractivity contribution in [1.82, 2.24) is 15.0 Å². The second-order valence-corrected chi connectivity index (χ2v) is 6.22. The first kappa shape index (κ1) is 18.0. The lowest BCUT2D eigenvalue weighted by Gasteiger charge is -2.22. The Hall–Kier alpha value is -2.32. The molecule has 1 aromatic carbocycles. The van der Waals surface area contributed by atoms with Gasteiger partial charge in [-0.15, -0.1) is 0 Å². The Bertz CT molecular complexity index is 732. The van der Waals surface area contributed by atoms with Gasteiger partial charge in [0.15, 0.2) is 0 Å². The summed E-state index contributed by atoms with van der Waals surface area (Å²) in [6.45, 7) is 4.20. The van der Waals surface area contributed by atoms with E-state index >= 15 is 0 Å². The van der Waals surface area contributed by atoms with Crippen LogP contribution in [0.3, 0.4) is 0 Å². The molecule has 2 rings (SSSR count). The molecule has 0 saturated carbocycles. The predicted octanol–water partition coefficient (Wildman–Crippen LogP) is 2.07. The maximum absolute atomic E-state index is 6.07. The number of halogens is 1. The van der Waals surface area contributed by atoms with E-state index in [1.54, 1.807) is 13.1 Å². The summed E-state index contributed by atoms with van der Waals surface area (Å²) in [5, 5.41) is 1.50. The molecule has 0 radical (unpaired) electrons. The molecule has 1 heterocycles. The van der Waals surface area contributed by atoms with Gasteiger partial charge in [0.2, 0.25) is 0 Å². The molecule has 0 bridgehead atoms. The zero-order valence-electron chi connectivity index (χ0n) is 13.7. The van der Waals surface area contributed by atoms with Gasteiger partial charge in [0.25, 0.3) is 0 Å². The number of aromatic nitrogens is 2. The molecule has 0 atom stereocenters. The molecule has 8 heteroatoms. The number of nitrogens with two attached hydrogens (primary N) is 3. The summed E-state index contributed by atoms with van der Waals surface area (Å²) in [5.74, 6) is 7.83. The van der Waals surface area contributed by atoms with E-state index in [9.17, 15) is 0 Å². The standard InChI is InChI=1S/C16H21BrN6O/c1-10(15(18)9-24-14-5-3-13(17)4-6-14)23(20)8-12-7-21-11(2)22-16(12)19/h3-7H,8-9,18,20H2,1-2H3,(H2,19,21,22)/b15-10-. The number of hydrogen-bond acceptors (Lipinski definition) is 7. The summed E-state index contributed by atoms with van der Waals surface area (Å²) in [7, 11) is 0.